The summed E-state index contributed by atoms with van der Waals surface area (Å²) >= 11 is 7.77. The van der Waals surface area contributed by atoms with E-state index >= 15 is 0 Å². The molecule has 3 heterocycles. The van der Waals surface area contributed by atoms with Gasteiger partial charge in [-0.2, -0.15) is 0 Å². The molecule has 18 heavy (non-hydrogen) atoms. The average Bonchev–Trinajstić information content (AvgIpc) is 2.96. The first-order valence-electron chi connectivity index (χ1n) is 5.87. The molecule has 1 aliphatic heterocycles. The van der Waals surface area contributed by atoms with Gasteiger partial charge < -0.3 is 0 Å². The number of aromatic nitrogens is 5. The highest BCUT2D eigenvalue weighted by molar-refractivity contribution is 7.99. The molecule has 0 N–H and O–H groups in total. The zero-order chi connectivity index (χ0) is 12.5. The monoisotopic (exact) mass is 281 g/mol. The van der Waals surface area contributed by atoms with Crippen molar-refractivity contribution in [3.63, 3.8) is 0 Å². The van der Waals surface area contributed by atoms with Gasteiger partial charge in [-0.1, -0.05) is 12.1 Å². The molecule has 0 saturated carbocycles. The SMILES string of the molecule is CCCn1nncc1-c1nc(Cl)nc2c1SCC2. The number of hydrogen-bond donors (Lipinski definition) is 0. The van der Waals surface area contributed by atoms with E-state index in [2.05, 4.69) is 27.2 Å². The van der Waals surface area contributed by atoms with Gasteiger partial charge >= 0.3 is 0 Å². The lowest BCUT2D eigenvalue weighted by molar-refractivity contribution is 0.582. The summed E-state index contributed by atoms with van der Waals surface area (Å²) in [6, 6.07) is 0. The Morgan fingerprint density at radius 1 is 1.44 bits per heavy atom. The highest BCUT2D eigenvalue weighted by atomic mass is 35.5. The van der Waals surface area contributed by atoms with Gasteiger partial charge in [-0.25, -0.2) is 14.6 Å². The van der Waals surface area contributed by atoms with Gasteiger partial charge in [0.1, 0.15) is 11.4 Å². The lowest BCUT2D eigenvalue weighted by Crippen LogP contribution is -2.04. The van der Waals surface area contributed by atoms with Gasteiger partial charge in [-0.15, -0.1) is 16.9 Å². The normalized spacial score (nSPS) is 13.9. The Labute approximate surface area is 114 Å². The highest BCUT2D eigenvalue weighted by Crippen LogP contribution is 2.37. The first-order chi connectivity index (χ1) is 8.79. The van der Waals surface area contributed by atoms with Crippen LogP contribution < -0.4 is 0 Å². The fraction of sp³-hybridized carbons (Fsp3) is 0.455. The highest BCUT2D eigenvalue weighted by Gasteiger charge is 2.22. The van der Waals surface area contributed by atoms with Gasteiger partial charge in [0, 0.05) is 18.7 Å². The van der Waals surface area contributed by atoms with E-state index in [0.29, 0.717) is 5.28 Å². The van der Waals surface area contributed by atoms with Crippen LogP contribution in [-0.2, 0) is 13.0 Å². The van der Waals surface area contributed by atoms with Crippen LogP contribution in [0.1, 0.15) is 19.0 Å². The molecule has 0 saturated heterocycles. The summed E-state index contributed by atoms with van der Waals surface area (Å²) in [6.07, 6.45) is 3.70. The third-order valence-corrected chi connectivity index (χ3v) is 4.08. The van der Waals surface area contributed by atoms with Gasteiger partial charge in [0.2, 0.25) is 5.28 Å². The van der Waals surface area contributed by atoms with Crippen LogP contribution in [0.15, 0.2) is 11.1 Å². The minimum Gasteiger partial charge on any atom is -0.243 e. The molecule has 5 nitrogen and oxygen atoms in total. The predicted octanol–water partition coefficient (Wildman–Crippen LogP) is 2.45. The summed E-state index contributed by atoms with van der Waals surface area (Å²) in [6.45, 7) is 2.94. The zero-order valence-corrected chi connectivity index (χ0v) is 11.5. The molecule has 0 fully saturated rings. The van der Waals surface area contributed by atoms with Crippen LogP contribution >= 0.6 is 23.4 Å². The summed E-state index contributed by atoms with van der Waals surface area (Å²) in [5, 5.41) is 8.37. The number of rotatable bonds is 3. The van der Waals surface area contributed by atoms with Crippen molar-refractivity contribution in [3.05, 3.63) is 17.2 Å². The van der Waals surface area contributed by atoms with Crippen molar-refractivity contribution in [2.24, 2.45) is 0 Å². The van der Waals surface area contributed by atoms with E-state index in [1.165, 1.54) is 0 Å². The van der Waals surface area contributed by atoms with Gasteiger partial charge in [-0.05, 0) is 18.0 Å². The molecule has 0 spiro atoms. The summed E-state index contributed by atoms with van der Waals surface area (Å²) in [5.74, 6) is 1.03. The maximum Gasteiger partial charge on any atom is 0.223 e. The maximum atomic E-state index is 5.99. The van der Waals surface area contributed by atoms with Gasteiger partial charge in [0.05, 0.1) is 16.8 Å². The molecule has 0 radical (unpaired) electrons. The number of aryl methyl sites for hydroxylation is 2. The fourth-order valence-electron chi connectivity index (χ4n) is 2.03. The van der Waals surface area contributed by atoms with Crippen molar-refractivity contribution in [1.82, 2.24) is 25.0 Å². The minimum absolute atomic E-state index is 0.301. The molecule has 0 unspecified atom stereocenters. The standard InChI is InChI=1S/C11H12ClN5S/c1-2-4-17-8(6-13-16-17)9-10-7(3-5-18-10)14-11(12)15-9/h6H,2-5H2,1H3. The molecule has 2 aromatic rings. The predicted molar refractivity (Wildman–Crippen MR) is 70.8 cm³/mol. The third-order valence-electron chi connectivity index (χ3n) is 2.79. The quantitative estimate of drug-likeness (QED) is 0.809. The van der Waals surface area contributed by atoms with Crippen LogP contribution in [0.3, 0.4) is 0 Å². The average molecular weight is 282 g/mol. The Kier molecular flexibility index (Phi) is 3.22. The molecule has 0 atom stereocenters. The molecule has 0 aliphatic carbocycles. The Balaban J connectivity index is 2.14. The minimum atomic E-state index is 0.301. The number of thioether (sulfide) groups is 1. The molecule has 0 amide bonds. The summed E-state index contributed by atoms with van der Waals surface area (Å²) in [7, 11) is 0. The van der Waals surface area contributed by atoms with Crippen LogP contribution in [0.5, 0.6) is 0 Å². The lowest BCUT2D eigenvalue weighted by Gasteiger charge is -2.08. The summed E-state index contributed by atoms with van der Waals surface area (Å²) < 4.78 is 1.87. The zero-order valence-electron chi connectivity index (χ0n) is 9.93. The topological polar surface area (TPSA) is 56.5 Å². The van der Waals surface area contributed by atoms with Crippen LogP contribution in [0, 0.1) is 0 Å². The van der Waals surface area contributed by atoms with Crippen molar-refractivity contribution in [3.8, 4) is 11.4 Å². The molecule has 7 heteroatoms. The molecule has 0 aromatic carbocycles. The van der Waals surface area contributed by atoms with Crippen molar-refractivity contribution < 1.29 is 0 Å². The van der Waals surface area contributed by atoms with Crippen molar-refractivity contribution in [1.29, 1.82) is 0 Å². The van der Waals surface area contributed by atoms with E-state index < -0.39 is 0 Å². The van der Waals surface area contributed by atoms with Crippen LogP contribution in [0.25, 0.3) is 11.4 Å². The van der Waals surface area contributed by atoms with E-state index in [1.54, 1.807) is 18.0 Å². The van der Waals surface area contributed by atoms with Crippen LogP contribution in [0.4, 0.5) is 0 Å². The largest absolute Gasteiger partial charge is 0.243 e. The Bertz CT molecular complexity index is 583. The molecule has 2 aromatic heterocycles. The molecule has 94 valence electrons. The number of halogens is 1. The van der Waals surface area contributed by atoms with E-state index in [1.807, 2.05) is 4.68 Å². The van der Waals surface area contributed by atoms with E-state index in [0.717, 1.165) is 47.1 Å². The second-order valence-electron chi connectivity index (χ2n) is 4.06. The molecule has 1 aliphatic rings. The Hall–Kier alpha value is -1.14. The first kappa shape index (κ1) is 11.9. The molecule has 0 bridgehead atoms. The second-order valence-corrected chi connectivity index (χ2v) is 5.50. The lowest BCUT2D eigenvalue weighted by atomic mass is 10.2. The second kappa shape index (κ2) is 4.85. The van der Waals surface area contributed by atoms with Crippen LogP contribution in [0.2, 0.25) is 5.28 Å². The van der Waals surface area contributed by atoms with Crippen LogP contribution in [-0.4, -0.2) is 30.7 Å². The van der Waals surface area contributed by atoms with Crippen molar-refractivity contribution in [2.75, 3.05) is 5.75 Å². The molecular weight excluding hydrogens is 270 g/mol. The van der Waals surface area contributed by atoms with Crippen molar-refractivity contribution in [2.45, 2.75) is 31.2 Å². The smallest absolute Gasteiger partial charge is 0.223 e. The van der Waals surface area contributed by atoms with E-state index in [9.17, 15) is 0 Å². The molecular formula is C11H12ClN5S. The Morgan fingerprint density at radius 2 is 2.33 bits per heavy atom. The number of hydrogen-bond acceptors (Lipinski definition) is 5. The first-order valence-corrected chi connectivity index (χ1v) is 7.24. The van der Waals surface area contributed by atoms with Gasteiger partial charge in [0.15, 0.2) is 0 Å². The molecule has 3 rings (SSSR count). The third kappa shape index (κ3) is 1.99. The fourth-order valence-corrected chi connectivity index (χ4v) is 3.32. The van der Waals surface area contributed by atoms with Gasteiger partial charge in [0.25, 0.3) is 0 Å². The van der Waals surface area contributed by atoms with Crippen molar-refractivity contribution >= 4 is 23.4 Å². The summed E-state index contributed by atoms with van der Waals surface area (Å²) in [5.41, 5.74) is 2.83. The van der Waals surface area contributed by atoms with E-state index in [4.69, 9.17) is 11.6 Å². The van der Waals surface area contributed by atoms with Gasteiger partial charge in [-0.3, -0.25) is 0 Å². The van der Waals surface area contributed by atoms with E-state index in [-0.39, 0.29) is 0 Å². The maximum absolute atomic E-state index is 5.99. The summed E-state index contributed by atoms with van der Waals surface area (Å²) in [4.78, 5) is 9.77. The number of nitrogens with zero attached hydrogens (tertiary/aromatic N) is 5. The Morgan fingerprint density at radius 3 is 3.17 bits per heavy atom. The number of fused-ring (bicyclic) bond motifs is 1.